The van der Waals surface area contributed by atoms with Gasteiger partial charge in [-0.3, -0.25) is 4.79 Å². The van der Waals surface area contributed by atoms with E-state index in [2.05, 4.69) is 0 Å². The van der Waals surface area contributed by atoms with Gasteiger partial charge in [-0.2, -0.15) is 0 Å². The Balaban J connectivity index is 2.21. The average molecular weight is 302 g/mol. The number of hydrogen-bond donors (Lipinski definition) is 0. The average Bonchev–Trinajstić information content (AvgIpc) is 2.96. The third-order valence-electron chi connectivity index (χ3n) is 3.36. The van der Waals surface area contributed by atoms with Crippen molar-refractivity contribution in [3.05, 3.63) is 27.7 Å². The minimum atomic E-state index is -1.32. The number of ether oxygens (including phenoxy) is 2. The highest BCUT2D eigenvalue weighted by molar-refractivity contribution is 6.44. The second-order valence-corrected chi connectivity index (χ2v) is 5.31. The lowest BCUT2D eigenvalue weighted by Gasteiger charge is -2.21. The molecule has 0 aromatic heterocycles. The van der Waals surface area contributed by atoms with E-state index in [0.29, 0.717) is 41.1 Å². The zero-order valence-electron chi connectivity index (χ0n) is 10.4. The van der Waals surface area contributed by atoms with Gasteiger partial charge >= 0.3 is 0 Å². The van der Waals surface area contributed by atoms with Crippen LogP contribution in [0.5, 0.6) is 0 Å². The molecule has 6 heteroatoms. The molecule has 1 spiro atoms. The topological polar surface area (TPSA) is 38.8 Å². The molecule has 1 amide bonds. The minimum absolute atomic E-state index is 0.217. The van der Waals surface area contributed by atoms with E-state index < -0.39 is 5.79 Å². The van der Waals surface area contributed by atoms with Crippen molar-refractivity contribution in [2.45, 2.75) is 19.1 Å². The molecule has 1 aromatic rings. The Labute approximate surface area is 121 Å². The first-order valence-corrected chi connectivity index (χ1v) is 6.95. The van der Waals surface area contributed by atoms with Crippen LogP contribution in [0.3, 0.4) is 0 Å². The first kappa shape index (κ1) is 13.2. The van der Waals surface area contributed by atoms with E-state index in [-0.39, 0.29) is 5.91 Å². The number of benzene rings is 1. The summed E-state index contributed by atoms with van der Waals surface area (Å²) >= 11 is 12.3. The van der Waals surface area contributed by atoms with Crippen molar-refractivity contribution < 1.29 is 14.3 Å². The quantitative estimate of drug-likeness (QED) is 0.843. The highest BCUT2D eigenvalue weighted by Gasteiger charge is 2.56. The summed E-state index contributed by atoms with van der Waals surface area (Å²) in [5.41, 5.74) is 1.26. The predicted octanol–water partition coefficient (Wildman–Crippen LogP) is 2.95. The lowest BCUT2D eigenvalue weighted by molar-refractivity contribution is -0.180. The molecule has 0 unspecified atom stereocenters. The summed E-state index contributed by atoms with van der Waals surface area (Å²) in [7, 11) is 0. The lowest BCUT2D eigenvalue weighted by atomic mass is 10.1. The Hall–Kier alpha value is -0.810. The highest BCUT2D eigenvalue weighted by Crippen LogP contribution is 2.50. The Morgan fingerprint density at radius 2 is 2.00 bits per heavy atom. The number of rotatable bonds is 2. The largest absolute Gasteiger partial charge is 0.336 e. The molecule has 0 N–H and O–H groups in total. The van der Waals surface area contributed by atoms with Gasteiger partial charge in [0.1, 0.15) is 0 Å². The summed E-state index contributed by atoms with van der Waals surface area (Å²) in [6.07, 6.45) is 0.810. The molecule has 0 atom stereocenters. The van der Waals surface area contributed by atoms with Crippen LogP contribution < -0.4 is 4.90 Å². The standard InChI is InChI=1S/C13H13Cl2NO3/c1-2-5-16-11-8(3-4-9(14)10(11)15)13(12(16)17)18-6-7-19-13/h3-4H,2,5-7H2,1H3. The first-order valence-electron chi connectivity index (χ1n) is 6.20. The Kier molecular flexibility index (Phi) is 3.21. The molecule has 2 heterocycles. The van der Waals surface area contributed by atoms with Crippen LogP contribution in [-0.4, -0.2) is 25.7 Å². The van der Waals surface area contributed by atoms with Gasteiger partial charge in [-0.25, -0.2) is 0 Å². The van der Waals surface area contributed by atoms with Gasteiger partial charge in [-0.15, -0.1) is 0 Å². The highest BCUT2D eigenvalue weighted by atomic mass is 35.5. The molecule has 0 bridgehead atoms. The molecule has 102 valence electrons. The van der Waals surface area contributed by atoms with Gasteiger partial charge in [0.2, 0.25) is 0 Å². The van der Waals surface area contributed by atoms with Gasteiger partial charge in [-0.1, -0.05) is 30.1 Å². The number of halogens is 2. The monoisotopic (exact) mass is 301 g/mol. The van der Waals surface area contributed by atoms with Crippen molar-refractivity contribution in [3.8, 4) is 0 Å². The second-order valence-electron chi connectivity index (χ2n) is 4.53. The summed E-state index contributed by atoms with van der Waals surface area (Å²) in [5.74, 6) is -1.54. The van der Waals surface area contributed by atoms with Crippen molar-refractivity contribution in [3.63, 3.8) is 0 Å². The maximum atomic E-state index is 12.6. The third-order valence-corrected chi connectivity index (χ3v) is 4.16. The van der Waals surface area contributed by atoms with E-state index in [1.807, 2.05) is 6.92 Å². The SMILES string of the molecule is CCCN1C(=O)C2(OCCO2)c2ccc(Cl)c(Cl)c21. The van der Waals surface area contributed by atoms with Gasteiger partial charge in [0.25, 0.3) is 11.7 Å². The molecule has 2 aliphatic heterocycles. The molecule has 4 nitrogen and oxygen atoms in total. The first-order chi connectivity index (χ1) is 9.12. The van der Waals surface area contributed by atoms with Crippen LogP contribution >= 0.6 is 23.2 Å². The summed E-state index contributed by atoms with van der Waals surface area (Å²) in [4.78, 5) is 14.2. The van der Waals surface area contributed by atoms with E-state index in [0.717, 1.165) is 6.42 Å². The van der Waals surface area contributed by atoms with Crippen LogP contribution in [0.25, 0.3) is 0 Å². The van der Waals surface area contributed by atoms with Gasteiger partial charge < -0.3 is 14.4 Å². The number of anilines is 1. The van der Waals surface area contributed by atoms with E-state index in [4.69, 9.17) is 32.7 Å². The number of carbonyl (C=O) groups excluding carboxylic acids is 1. The van der Waals surface area contributed by atoms with E-state index in [9.17, 15) is 4.79 Å². The summed E-state index contributed by atoms with van der Waals surface area (Å²) in [6.45, 7) is 3.34. The van der Waals surface area contributed by atoms with Gasteiger partial charge in [0.15, 0.2) is 0 Å². The summed E-state index contributed by atoms with van der Waals surface area (Å²) in [6, 6.07) is 3.42. The van der Waals surface area contributed by atoms with E-state index in [1.165, 1.54) is 0 Å². The lowest BCUT2D eigenvalue weighted by Crippen LogP contribution is -2.41. The van der Waals surface area contributed by atoms with Crippen molar-refractivity contribution in [1.29, 1.82) is 0 Å². The zero-order valence-corrected chi connectivity index (χ0v) is 11.9. The number of fused-ring (bicyclic) bond motifs is 2. The molecule has 0 radical (unpaired) electrons. The predicted molar refractivity (Wildman–Crippen MR) is 72.7 cm³/mol. The van der Waals surface area contributed by atoms with Crippen LogP contribution in [0, 0.1) is 0 Å². The van der Waals surface area contributed by atoms with Crippen molar-refractivity contribution in [2.75, 3.05) is 24.7 Å². The Morgan fingerprint density at radius 3 is 2.63 bits per heavy atom. The zero-order chi connectivity index (χ0) is 13.6. The Morgan fingerprint density at radius 1 is 1.32 bits per heavy atom. The van der Waals surface area contributed by atoms with E-state index in [1.54, 1.807) is 17.0 Å². The number of carbonyl (C=O) groups is 1. The molecule has 1 aromatic carbocycles. The van der Waals surface area contributed by atoms with E-state index >= 15 is 0 Å². The fourth-order valence-electron chi connectivity index (χ4n) is 2.59. The number of amides is 1. The summed E-state index contributed by atoms with van der Waals surface area (Å²) in [5, 5.41) is 0.793. The van der Waals surface area contributed by atoms with Gasteiger partial charge in [0, 0.05) is 12.1 Å². The van der Waals surface area contributed by atoms with Crippen LogP contribution in [0.1, 0.15) is 18.9 Å². The fraction of sp³-hybridized carbons (Fsp3) is 0.462. The fourth-order valence-corrected chi connectivity index (χ4v) is 3.01. The van der Waals surface area contributed by atoms with Crippen LogP contribution in [0.2, 0.25) is 10.0 Å². The van der Waals surface area contributed by atoms with Crippen molar-refractivity contribution in [2.24, 2.45) is 0 Å². The third kappa shape index (κ3) is 1.71. The molecule has 19 heavy (non-hydrogen) atoms. The molecule has 3 rings (SSSR count). The molecule has 1 saturated heterocycles. The second kappa shape index (κ2) is 4.63. The summed E-state index contributed by atoms with van der Waals surface area (Å²) < 4.78 is 11.2. The molecule has 0 saturated carbocycles. The number of nitrogens with zero attached hydrogens (tertiary/aromatic N) is 1. The minimum Gasteiger partial charge on any atom is -0.336 e. The normalized spacial score (nSPS) is 20.4. The maximum absolute atomic E-state index is 12.6. The molecular formula is C13H13Cl2NO3. The van der Waals surface area contributed by atoms with Crippen LogP contribution in [0.15, 0.2) is 12.1 Å². The molecule has 1 fully saturated rings. The van der Waals surface area contributed by atoms with Crippen LogP contribution in [0.4, 0.5) is 5.69 Å². The Bertz CT molecular complexity index is 541. The van der Waals surface area contributed by atoms with Crippen molar-refractivity contribution in [1.82, 2.24) is 0 Å². The van der Waals surface area contributed by atoms with Gasteiger partial charge in [0.05, 0.1) is 28.9 Å². The molecule has 2 aliphatic rings. The van der Waals surface area contributed by atoms with Crippen LogP contribution in [-0.2, 0) is 20.1 Å². The van der Waals surface area contributed by atoms with Gasteiger partial charge in [-0.05, 0) is 18.6 Å². The molecule has 0 aliphatic carbocycles. The smallest absolute Gasteiger partial charge is 0.292 e. The number of hydrogen-bond acceptors (Lipinski definition) is 3. The molecular weight excluding hydrogens is 289 g/mol. The maximum Gasteiger partial charge on any atom is 0.292 e. The van der Waals surface area contributed by atoms with Crippen molar-refractivity contribution >= 4 is 34.8 Å².